The number of anilines is 1. The van der Waals surface area contributed by atoms with Crippen LogP contribution in [0.25, 0.3) is 0 Å². The zero-order valence-electron chi connectivity index (χ0n) is 12.5. The number of likely N-dealkylation sites (tertiary alicyclic amines) is 1. The number of methoxy groups -OCH3 is 1. The molecule has 0 bridgehead atoms. The molecule has 1 aromatic carbocycles. The molecule has 1 N–H and O–H groups in total. The minimum absolute atomic E-state index is 0.374. The van der Waals surface area contributed by atoms with Gasteiger partial charge in [-0.25, -0.2) is 4.98 Å². The van der Waals surface area contributed by atoms with Crippen LogP contribution in [0.15, 0.2) is 41.0 Å². The van der Waals surface area contributed by atoms with E-state index in [2.05, 4.69) is 60.4 Å². The third kappa shape index (κ3) is 3.96. The van der Waals surface area contributed by atoms with Crippen molar-refractivity contribution < 1.29 is 4.74 Å². The van der Waals surface area contributed by atoms with E-state index in [1.165, 1.54) is 5.56 Å². The van der Waals surface area contributed by atoms with Gasteiger partial charge in [-0.15, -0.1) is 0 Å². The summed E-state index contributed by atoms with van der Waals surface area (Å²) in [5.41, 5.74) is 1.33. The number of ether oxygens (including phenoxy) is 1. The lowest BCUT2D eigenvalue weighted by Crippen LogP contribution is -2.26. The third-order valence-corrected chi connectivity index (χ3v) is 4.23. The monoisotopic (exact) mass is 362 g/mol. The molecule has 1 aliphatic heterocycles. The lowest BCUT2D eigenvalue weighted by molar-refractivity contribution is 0.328. The highest BCUT2D eigenvalue weighted by Crippen LogP contribution is 2.19. The summed E-state index contributed by atoms with van der Waals surface area (Å²) in [6.45, 7) is 3.04. The summed E-state index contributed by atoms with van der Waals surface area (Å²) in [4.78, 5) is 11.0. The predicted molar refractivity (Wildman–Crippen MR) is 90.0 cm³/mol. The number of aromatic nitrogens is 2. The van der Waals surface area contributed by atoms with E-state index in [-0.39, 0.29) is 0 Å². The van der Waals surface area contributed by atoms with Gasteiger partial charge in [-0.3, -0.25) is 4.90 Å². The molecule has 116 valence electrons. The maximum absolute atomic E-state index is 5.12. The van der Waals surface area contributed by atoms with Crippen molar-refractivity contribution >= 4 is 21.9 Å². The lowest BCUT2D eigenvalue weighted by atomic mass is 10.2. The van der Waals surface area contributed by atoms with Crippen LogP contribution in [0.4, 0.5) is 5.95 Å². The van der Waals surface area contributed by atoms with Crippen molar-refractivity contribution in [2.24, 2.45) is 0 Å². The molecule has 1 aromatic heterocycles. The highest BCUT2D eigenvalue weighted by Gasteiger charge is 2.23. The molecule has 6 heteroatoms. The maximum atomic E-state index is 5.12. The largest absolute Gasteiger partial charge is 0.481 e. The van der Waals surface area contributed by atoms with E-state index >= 15 is 0 Å². The summed E-state index contributed by atoms with van der Waals surface area (Å²) in [7, 11) is 1.61. The number of halogens is 1. The zero-order valence-corrected chi connectivity index (χ0v) is 14.1. The van der Waals surface area contributed by atoms with Crippen molar-refractivity contribution in [2.45, 2.75) is 19.0 Å². The molecule has 1 saturated heterocycles. The predicted octanol–water partition coefficient (Wildman–Crippen LogP) is 2.93. The first kappa shape index (κ1) is 15.2. The van der Waals surface area contributed by atoms with Crippen molar-refractivity contribution in [1.82, 2.24) is 14.9 Å². The molecule has 1 aliphatic rings. The number of benzene rings is 1. The Hall–Kier alpha value is -1.66. The summed E-state index contributed by atoms with van der Waals surface area (Å²) in [5.74, 6) is 1.22. The molecule has 22 heavy (non-hydrogen) atoms. The van der Waals surface area contributed by atoms with Crippen molar-refractivity contribution in [2.75, 3.05) is 25.5 Å². The highest BCUT2D eigenvalue weighted by atomic mass is 79.9. The van der Waals surface area contributed by atoms with Gasteiger partial charge in [0.15, 0.2) is 0 Å². The van der Waals surface area contributed by atoms with Crippen LogP contribution < -0.4 is 10.1 Å². The molecule has 0 radical (unpaired) electrons. The van der Waals surface area contributed by atoms with Crippen molar-refractivity contribution in [3.8, 4) is 5.88 Å². The summed E-state index contributed by atoms with van der Waals surface area (Å²) >= 11 is 3.52. The zero-order chi connectivity index (χ0) is 15.4. The van der Waals surface area contributed by atoms with Crippen molar-refractivity contribution in [3.05, 3.63) is 46.6 Å². The number of nitrogens with one attached hydrogen (secondary N) is 1. The fourth-order valence-electron chi connectivity index (χ4n) is 2.70. The number of hydrogen-bond donors (Lipinski definition) is 1. The van der Waals surface area contributed by atoms with Gasteiger partial charge in [-0.2, -0.15) is 4.98 Å². The Morgan fingerprint density at radius 1 is 1.41 bits per heavy atom. The fourth-order valence-corrected chi connectivity index (χ4v) is 3.14. The minimum atomic E-state index is 0.374. The van der Waals surface area contributed by atoms with Crippen LogP contribution in [-0.4, -0.2) is 41.1 Å². The second-order valence-corrected chi connectivity index (χ2v) is 6.33. The van der Waals surface area contributed by atoms with Crippen LogP contribution in [0, 0.1) is 0 Å². The van der Waals surface area contributed by atoms with E-state index in [0.29, 0.717) is 17.9 Å². The van der Waals surface area contributed by atoms with Crippen LogP contribution in [0.3, 0.4) is 0 Å². The van der Waals surface area contributed by atoms with Crippen molar-refractivity contribution in [3.63, 3.8) is 0 Å². The van der Waals surface area contributed by atoms with Gasteiger partial charge < -0.3 is 10.1 Å². The van der Waals surface area contributed by atoms with Crippen LogP contribution in [0.5, 0.6) is 5.88 Å². The average molecular weight is 363 g/mol. The summed E-state index contributed by atoms with van der Waals surface area (Å²) in [6.07, 6.45) is 2.80. The molecule has 2 aromatic rings. The number of rotatable bonds is 5. The van der Waals surface area contributed by atoms with Crippen LogP contribution in [0.2, 0.25) is 0 Å². The minimum Gasteiger partial charge on any atom is -0.481 e. The Balaban J connectivity index is 1.55. The number of hydrogen-bond acceptors (Lipinski definition) is 5. The van der Waals surface area contributed by atoms with Crippen molar-refractivity contribution in [1.29, 1.82) is 0 Å². The Kier molecular flexibility index (Phi) is 4.90. The molecular weight excluding hydrogens is 344 g/mol. The molecule has 0 spiro atoms. The Morgan fingerprint density at radius 2 is 2.32 bits per heavy atom. The van der Waals surface area contributed by atoms with E-state index in [0.717, 1.165) is 30.5 Å². The molecule has 0 aliphatic carbocycles. The second kappa shape index (κ2) is 7.07. The van der Waals surface area contributed by atoms with Crippen LogP contribution in [0.1, 0.15) is 12.0 Å². The molecule has 1 unspecified atom stereocenters. The first-order valence-electron chi connectivity index (χ1n) is 7.33. The van der Waals surface area contributed by atoms with E-state index in [9.17, 15) is 0 Å². The maximum Gasteiger partial charge on any atom is 0.226 e. The molecule has 3 rings (SSSR count). The molecule has 1 fully saturated rings. The summed E-state index contributed by atoms with van der Waals surface area (Å²) in [6, 6.07) is 10.6. The fraction of sp³-hybridized carbons (Fsp3) is 0.375. The summed E-state index contributed by atoms with van der Waals surface area (Å²) < 4.78 is 6.25. The van der Waals surface area contributed by atoms with Gasteiger partial charge in [-0.1, -0.05) is 28.1 Å². The summed E-state index contributed by atoms with van der Waals surface area (Å²) in [5, 5.41) is 3.39. The third-order valence-electron chi connectivity index (χ3n) is 3.74. The standard InChI is InChI=1S/C16H19BrN4O/c1-22-15-5-7-18-16(20-15)19-14-6-8-21(11-14)10-12-3-2-4-13(17)9-12/h2-5,7,9,14H,6,8,10-11H2,1H3,(H,18,19,20). The molecule has 0 amide bonds. The first-order chi connectivity index (χ1) is 10.7. The molecule has 1 atom stereocenters. The lowest BCUT2D eigenvalue weighted by Gasteiger charge is -2.17. The van der Waals surface area contributed by atoms with E-state index in [4.69, 9.17) is 4.74 Å². The van der Waals surface area contributed by atoms with Gasteiger partial charge >= 0.3 is 0 Å². The first-order valence-corrected chi connectivity index (χ1v) is 8.12. The van der Waals surface area contributed by atoms with Crippen LogP contribution in [-0.2, 0) is 6.54 Å². The smallest absolute Gasteiger partial charge is 0.226 e. The second-order valence-electron chi connectivity index (χ2n) is 5.42. The van der Waals surface area contributed by atoms with E-state index in [1.54, 1.807) is 19.4 Å². The highest BCUT2D eigenvalue weighted by molar-refractivity contribution is 9.10. The normalized spacial score (nSPS) is 18.4. The van der Waals surface area contributed by atoms with Crippen LogP contribution >= 0.6 is 15.9 Å². The van der Waals surface area contributed by atoms with Gasteiger partial charge in [0.05, 0.1) is 7.11 Å². The SMILES string of the molecule is COc1ccnc(NC2CCN(Cc3cccc(Br)c3)C2)n1. The van der Waals surface area contributed by atoms with Gasteiger partial charge in [0.25, 0.3) is 0 Å². The van der Waals surface area contributed by atoms with E-state index < -0.39 is 0 Å². The molecule has 2 heterocycles. The van der Waals surface area contributed by atoms with Gasteiger partial charge in [0.2, 0.25) is 11.8 Å². The number of nitrogens with zero attached hydrogens (tertiary/aromatic N) is 3. The van der Waals surface area contributed by atoms with Gasteiger partial charge in [0.1, 0.15) is 0 Å². The topological polar surface area (TPSA) is 50.3 Å². The van der Waals surface area contributed by atoms with Gasteiger partial charge in [0, 0.05) is 42.4 Å². The average Bonchev–Trinajstić information content (AvgIpc) is 2.94. The van der Waals surface area contributed by atoms with Gasteiger partial charge in [-0.05, 0) is 24.1 Å². The molecular formula is C16H19BrN4O. The van der Waals surface area contributed by atoms with E-state index in [1.807, 2.05) is 0 Å². The Bertz CT molecular complexity index is 637. The molecule has 0 saturated carbocycles. The quantitative estimate of drug-likeness (QED) is 0.885. The Labute approximate surface area is 138 Å². The molecule has 5 nitrogen and oxygen atoms in total. The Morgan fingerprint density at radius 3 is 3.14 bits per heavy atom.